The van der Waals surface area contributed by atoms with E-state index < -0.39 is 0 Å². The largest absolute Gasteiger partial charge is 0.364 e. The van der Waals surface area contributed by atoms with Crippen molar-refractivity contribution in [2.75, 3.05) is 16.6 Å². The van der Waals surface area contributed by atoms with Gasteiger partial charge in [0.25, 0.3) is 0 Å². The van der Waals surface area contributed by atoms with Crippen molar-refractivity contribution in [3.63, 3.8) is 0 Å². The van der Waals surface area contributed by atoms with E-state index in [9.17, 15) is 4.48 Å². The SMILES string of the molecule is CC1(C)CCC(c2noc(N3C=NC4c5ccccc5N5CN(F)C=C5N43)n2)O1. The molecule has 2 atom stereocenters. The van der Waals surface area contributed by atoms with Crippen molar-refractivity contribution in [2.24, 2.45) is 4.99 Å². The van der Waals surface area contributed by atoms with Crippen molar-refractivity contribution in [3.8, 4) is 0 Å². The summed E-state index contributed by atoms with van der Waals surface area (Å²) in [6.07, 6.45) is 4.36. The molecule has 6 rings (SSSR count). The lowest BCUT2D eigenvalue weighted by molar-refractivity contribution is -0.0207. The zero-order chi connectivity index (χ0) is 19.8. The molecule has 0 saturated carbocycles. The van der Waals surface area contributed by atoms with Crippen LogP contribution in [0, 0.1) is 0 Å². The van der Waals surface area contributed by atoms with Gasteiger partial charge in [0, 0.05) is 5.56 Å². The fourth-order valence-electron chi connectivity index (χ4n) is 4.34. The maximum atomic E-state index is 14.1. The Morgan fingerprint density at radius 1 is 1.24 bits per heavy atom. The normalized spacial score (nSPS) is 26.7. The van der Waals surface area contributed by atoms with E-state index in [1.165, 1.54) is 6.20 Å². The van der Waals surface area contributed by atoms with Gasteiger partial charge < -0.3 is 14.2 Å². The third-order valence-electron chi connectivity index (χ3n) is 5.71. The third kappa shape index (κ3) is 2.45. The Kier molecular flexibility index (Phi) is 3.29. The number of nitrogens with zero attached hydrogens (tertiary/aromatic N) is 7. The Morgan fingerprint density at radius 3 is 2.93 bits per heavy atom. The van der Waals surface area contributed by atoms with Gasteiger partial charge >= 0.3 is 6.01 Å². The molecule has 4 aliphatic rings. The summed E-state index contributed by atoms with van der Waals surface area (Å²) in [6, 6.07) is 8.15. The number of hydrogen-bond donors (Lipinski definition) is 0. The molecule has 29 heavy (non-hydrogen) atoms. The maximum absolute atomic E-state index is 14.1. The predicted molar refractivity (Wildman–Crippen MR) is 102 cm³/mol. The van der Waals surface area contributed by atoms with Crippen LogP contribution >= 0.6 is 0 Å². The molecule has 1 aromatic heterocycles. The molecular formula is C19H20FN7O2. The lowest BCUT2D eigenvalue weighted by Gasteiger charge is -2.41. The Morgan fingerprint density at radius 2 is 2.10 bits per heavy atom. The van der Waals surface area contributed by atoms with Gasteiger partial charge in [0.15, 0.2) is 12.0 Å². The molecule has 1 fully saturated rings. The summed E-state index contributed by atoms with van der Waals surface area (Å²) >= 11 is 0. The molecule has 0 radical (unpaired) electrons. The van der Waals surface area contributed by atoms with Gasteiger partial charge in [0.1, 0.15) is 19.1 Å². The summed E-state index contributed by atoms with van der Waals surface area (Å²) in [6.45, 7) is 4.23. The minimum absolute atomic E-state index is 0.115. The summed E-state index contributed by atoms with van der Waals surface area (Å²) in [4.78, 5) is 11.1. The summed E-state index contributed by atoms with van der Waals surface area (Å²) in [5, 5.41) is 8.32. The number of hydrogen-bond acceptors (Lipinski definition) is 9. The number of ether oxygens (including phenoxy) is 1. The molecular weight excluding hydrogens is 377 g/mol. The van der Waals surface area contributed by atoms with Gasteiger partial charge in [0.05, 0.1) is 17.5 Å². The van der Waals surface area contributed by atoms with Gasteiger partial charge in [-0.25, -0.2) is 10.0 Å². The molecule has 0 N–H and O–H groups in total. The molecule has 0 amide bonds. The lowest BCUT2D eigenvalue weighted by atomic mass is 10.1. The highest BCUT2D eigenvalue weighted by molar-refractivity contribution is 5.79. The Bertz CT molecular complexity index is 1040. The van der Waals surface area contributed by atoms with Crippen molar-refractivity contribution in [2.45, 2.75) is 44.6 Å². The molecule has 0 bridgehead atoms. The highest BCUT2D eigenvalue weighted by Gasteiger charge is 2.45. The number of aromatic nitrogens is 2. The molecule has 0 spiro atoms. The highest BCUT2D eigenvalue weighted by atomic mass is 19.2. The monoisotopic (exact) mass is 397 g/mol. The fraction of sp³-hybridized carbons (Fsp3) is 0.421. The van der Waals surface area contributed by atoms with Crippen molar-refractivity contribution in [1.29, 1.82) is 0 Å². The fourth-order valence-corrected chi connectivity index (χ4v) is 4.34. The van der Waals surface area contributed by atoms with E-state index in [1.54, 1.807) is 11.3 Å². The molecule has 9 nitrogen and oxygen atoms in total. The number of rotatable bonds is 2. The number of benzene rings is 1. The molecule has 5 heterocycles. The van der Waals surface area contributed by atoms with Crippen LogP contribution in [0.5, 0.6) is 0 Å². The van der Waals surface area contributed by atoms with Gasteiger partial charge in [-0.1, -0.05) is 27.8 Å². The average molecular weight is 397 g/mol. The molecule has 4 aliphatic heterocycles. The minimum Gasteiger partial charge on any atom is -0.364 e. The quantitative estimate of drug-likeness (QED) is 0.715. The number of fused-ring (bicyclic) bond motifs is 6. The lowest BCUT2D eigenvalue weighted by Crippen LogP contribution is -2.46. The predicted octanol–water partition coefficient (Wildman–Crippen LogP) is 3.24. The minimum atomic E-state index is -0.322. The van der Waals surface area contributed by atoms with E-state index in [4.69, 9.17) is 9.26 Å². The second-order valence-corrected chi connectivity index (χ2v) is 8.18. The van der Waals surface area contributed by atoms with Crippen LogP contribution in [0.1, 0.15) is 50.3 Å². The molecule has 1 aromatic carbocycles. The van der Waals surface area contributed by atoms with Crippen LogP contribution in [-0.4, -0.2) is 38.9 Å². The van der Waals surface area contributed by atoms with Crippen LogP contribution in [0.3, 0.4) is 0 Å². The second kappa shape index (κ2) is 5.69. The van der Waals surface area contributed by atoms with Crippen molar-refractivity contribution in [1.82, 2.24) is 20.3 Å². The zero-order valence-electron chi connectivity index (χ0n) is 16.1. The second-order valence-electron chi connectivity index (χ2n) is 8.18. The van der Waals surface area contributed by atoms with E-state index in [-0.39, 0.29) is 30.6 Å². The van der Waals surface area contributed by atoms with Crippen LogP contribution in [0.25, 0.3) is 0 Å². The van der Waals surface area contributed by atoms with E-state index >= 15 is 0 Å². The van der Waals surface area contributed by atoms with Crippen molar-refractivity contribution in [3.05, 3.63) is 47.7 Å². The van der Waals surface area contributed by atoms with Crippen LogP contribution < -0.4 is 9.91 Å². The topological polar surface area (TPSA) is 73.5 Å². The number of para-hydroxylation sites is 1. The summed E-state index contributed by atoms with van der Waals surface area (Å²) in [5.41, 5.74) is 1.73. The smallest absolute Gasteiger partial charge is 0.348 e. The van der Waals surface area contributed by atoms with Gasteiger partial charge in [-0.3, -0.25) is 0 Å². The Balaban J connectivity index is 1.36. The first-order valence-electron chi connectivity index (χ1n) is 9.64. The molecule has 2 aromatic rings. The molecule has 150 valence electrons. The van der Waals surface area contributed by atoms with Crippen LogP contribution in [0.2, 0.25) is 0 Å². The summed E-state index contributed by atoms with van der Waals surface area (Å²) in [7, 11) is 0. The average Bonchev–Trinajstić information content (AvgIpc) is 3.45. The van der Waals surface area contributed by atoms with Gasteiger partial charge in [-0.2, -0.15) is 15.1 Å². The first-order chi connectivity index (χ1) is 14.0. The summed E-state index contributed by atoms with van der Waals surface area (Å²) in [5.74, 6) is 1.18. The summed E-state index contributed by atoms with van der Waals surface area (Å²) < 4.78 is 25.7. The molecule has 10 heteroatoms. The van der Waals surface area contributed by atoms with Crippen LogP contribution in [0.15, 0.2) is 45.8 Å². The van der Waals surface area contributed by atoms with Crippen LogP contribution in [-0.2, 0) is 4.74 Å². The van der Waals surface area contributed by atoms with Crippen LogP contribution in [0.4, 0.5) is 16.2 Å². The maximum Gasteiger partial charge on any atom is 0.348 e. The van der Waals surface area contributed by atoms with E-state index in [1.807, 2.05) is 34.2 Å². The number of halogens is 1. The zero-order valence-corrected chi connectivity index (χ0v) is 16.1. The highest BCUT2D eigenvalue weighted by Crippen LogP contribution is 2.47. The Hall–Kier alpha value is -3.14. The standard InChI is InChI=1S/C19H20FN7O2/c1-19(2)8-7-14(28-19)16-22-18(29-23-16)26-10-21-17-12-5-3-4-6-13(12)25-11-24(20)9-15(25)27(17)26/h3-6,9-10,14,17H,7-8,11H2,1-2H3. The Labute approximate surface area is 166 Å². The van der Waals surface area contributed by atoms with E-state index in [0.717, 1.165) is 24.1 Å². The van der Waals surface area contributed by atoms with Gasteiger partial charge in [-0.15, -0.1) is 0 Å². The number of aliphatic imine (C=N–C) groups is 1. The molecule has 0 aliphatic carbocycles. The molecule has 2 unspecified atom stereocenters. The number of anilines is 2. The first-order valence-corrected chi connectivity index (χ1v) is 9.64. The van der Waals surface area contributed by atoms with Gasteiger partial charge in [0.2, 0.25) is 5.82 Å². The van der Waals surface area contributed by atoms with E-state index in [2.05, 4.69) is 29.0 Å². The third-order valence-corrected chi connectivity index (χ3v) is 5.71. The number of hydrazine groups is 1. The van der Waals surface area contributed by atoms with E-state index in [0.29, 0.717) is 16.8 Å². The van der Waals surface area contributed by atoms with Gasteiger partial charge in [-0.05, 0) is 32.8 Å². The first kappa shape index (κ1) is 16.8. The van der Waals surface area contributed by atoms with Crippen molar-refractivity contribution < 1.29 is 13.7 Å². The van der Waals surface area contributed by atoms with Crippen molar-refractivity contribution >= 4 is 18.0 Å². The molecule has 1 saturated heterocycles.